The minimum atomic E-state index is -0.241. The third kappa shape index (κ3) is 5.64. The van der Waals surface area contributed by atoms with Gasteiger partial charge in [0.05, 0.1) is 10.2 Å². The van der Waals surface area contributed by atoms with E-state index in [-0.39, 0.29) is 12.5 Å². The van der Waals surface area contributed by atoms with E-state index in [4.69, 9.17) is 4.74 Å². The van der Waals surface area contributed by atoms with Gasteiger partial charge in [0.25, 0.3) is 5.91 Å². The summed E-state index contributed by atoms with van der Waals surface area (Å²) in [5.74, 6) is 0.411. The van der Waals surface area contributed by atoms with Crippen molar-refractivity contribution in [3.05, 3.63) is 62.4 Å². The molecule has 1 aromatic heterocycles. The lowest BCUT2D eigenvalue weighted by atomic mass is 10.1. The smallest absolute Gasteiger partial charge is 0.264 e. The highest BCUT2D eigenvalue weighted by Gasteiger charge is 2.10. The summed E-state index contributed by atoms with van der Waals surface area (Å²) in [6, 6.07) is 13.8. The van der Waals surface area contributed by atoms with E-state index in [1.54, 1.807) is 0 Å². The number of aryl methyl sites for hydroxylation is 1. The maximum Gasteiger partial charge on any atom is 0.264 e. The minimum Gasteiger partial charge on any atom is -0.483 e. The Morgan fingerprint density at radius 2 is 2.07 bits per heavy atom. The van der Waals surface area contributed by atoms with Crippen LogP contribution in [0.2, 0.25) is 0 Å². The summed E-state index contributed by atoms with van der Waals surface area (Å²) in [4.78, 5) is 16.6. The molecule has 0 bridgehead atoms. The molecule has 0 spiro atoms. The average Bonchev–Trinajstić information content (AvgIpc) is 3.10. The number of amides is 1. The lowest BCUT2D eigenvalue weighted by molar-refractivity contribution is -0.118. The lowest BCUT2D eigenvalue weighted by Crippen LogP contribution is -2.20. The molecule has 3 aromatic rings. The fourth-order valence-corrected chi connectivity index (χ4v) is 4.19. The zero-order chi connectivity index (χ0) is 19.2. The second-order valence-corrected chi connectivity index (χ2v) is 8.53. The molecule has 140 valence electrons. The summed E-state index contributed by atoms with van der Waals surface area (Å²) < 4.78 is 7.47. The van der Waals surface area contributed by atoms with Crippen LogP contribution in [0.15, 0.2) is 56.8 Å². The number of benzene rings is 2. The van der Waals surface area contributed by atoms with E-state index in [9.17, 15) is 4.79 Å². The number of aromatic nitrogens is 1. The Labute approximate surface area is 179 Å². The van der Waals surface area contributed by atoms with Gasteiger partial charge in [0.2, 0.25) is 0 Å². The standard InChI is InChI=1S/C20H18Br2N2O2S/c1-2-4-13-7-8-18(16(22)9-13)26-11-19(25)24-20-23-17(12-27-20)14-5-3-6-15(21)10-14/h3,5-10,12H,2,4,11H2,1H3,(H,23,24,25). The van der Waals surface area contributed by atoms with E-state index in [1.807, 2.05) is 47.8 Å². The number of thiazole rings is 1. The molecule has 3 rings (SSSR count). The van der Waals surface area contributed by atoms with Crippen molar-refractivity contribution >= 4 is 54.2 Å². The van der Waals surface area contributed by atoms with Crippen molar-refractivity contribution in [3.63, 3.8) is 0 Å². The van der Waals surface area contributed by atoms with Gasteiger partial charge in [0.1, 0.15) is 5.75 Å². The van der Waals surface area contributed by atoms with Crippen molar-refractivity contribution in [3.8, 4) is 17.0 Å². The number of ether oxygens (including phenoxy) is 1. The number of anilines is 1. The lowest BCUT2D eigenvalue weighted by Gasteiger charge is -2.09. The van der Waals surface area contributed by atoms with Crippen LogP contribution in [-0.4, -0.2) is 17.5 Å². The summed E-state index contributed by atoms with van der Waals surface area (Å²) in [6.45, 7) is 2.07. The van der Waals surface area contributed by atoms with E-state index in [1.165, 1.54) is 16.9 Å². The van der Waals surface area contributed by atoms with Gasteiger partial charge in [-0.15, -0.1) is 11.3 Å². The number of rotatable bonds is 7. The Morgan fingerprint density at radius 1 is 1.22 bits per heavy atom. The Balaban J connectivity index is 1.57. The second-order valence-electron chi connectivity index (χ2n) is 5.90. The predicted octanol–water partition coefficient (Wildman–Crippen LogP) is 6.31. The number of hydrogen-bond acceptors (Lipinski definition) is 4. The van der Waals surface area contributed by atoms with Gasteiger partial charge < -0.3 is 4.74 Å². The molecule has 0 saturated carbocycles. The van der Waals surface area contributed by atoms with Crippen molar-refractivity contribution in [2.24, 2.45) is 0 Å². The first kappa shape index (κ1) is 20.0. The van der Waals surface area contributed by atoms with Crippen LogP contribution in [0, 0.1) is 0 Å². The van der Waals surface area contributed by atoms with Crippen LogP contribution < -0.4 is 10.1 Å². The minimum absolute atomic E-state index is 0.0719. The molecule has 0 aliphatic heterocycles. The quantitative estimate of drug-likeness (QED) is 0.406. The summed E-state index contributed by atoms with van der Waals surface area (Å²) in [5.41, 5.74) is 3.06. The van der Waals surface area contributed by atoms with Crippen LogP contribution in [0.4, 0.5) is 5.13 Å². The van der Waals surface area contributed by atoms with E-state index in [2.05, 4.69) is 49.1 Å². The number of nitrogens with zero attached hydrogens (tertiary/aromatic N) is 1. The van der Waals surface area contributed by atoms with Crippen molar-refractivity contribution in [1.82, 2.24) is 4.98 Å². The zero-order valence-electron chi connectivity index (χ0n) is 14.7. The Bertz CT molecular complexity index is 943. The highest BCUT2D eigenvalue weighted by Crippen LogP contribution is 2.28. The molecule has 0 aliphatic rings. The molecule has 1 amide bonds. The molecule has 0 saturated heterocycles. The van der Waals surface area contributed by atoms with Gasteiger partial charge in [-0.2, -0.15) is 0 Å². The van der Waals surface area contributed by atoms with Crippen LogP contribution in [-0.2, 0) is 11.2 Å². The first-order valence-corrected chi connectivity index (χ1v) is 10.9. The Morgan fingerprint density at radius 3 is 2.81 bits per heavy atom. The molecule has 1 heterocycles. The van der Waals surface area contributed by atoms with Crippen LogP contribution in [0.1, 0.15) is 18.9 Å². The van der Waals surface area contributed by atoms with E-state index >= 15 is 0 Å². The Kier molecular flexibility index (Phi) is 7.04. The fraction of sp³-hybridized carbons (Fsp3) is 0.200. The number of carbonyl (C=O) groups is 1. The van der Waals surface area contributed by atoms with Crippen molar-refractivity contribution in [2.45, 2.75) is 19.8 Å². The molecule has 4 nitrogen and oxygen atoms in total. The fourth-order valence-electron chi connectivity index (χ4n) is 2.52. The maximum atomic E-state index is 12.2. The SMILES string of the molecule is CCCc1ccc(OCC(=O)Nc2nc(-c3cccc(Br)c3)cs2)c(Br)c1. The number of hydrogen-bond donors (Lipinski definition) is 1. The van der Waals surface area contributed by atoms with Crippen LogP contribution in [0.5, 0.6) is 5.75 Å². The molecule has 0 aliphatic carbocycles. The molecule has 1 N–H and O–H groups in total. The molecule has 0 radical (unpaired) electrons. The number of nitrogens with one attached hydrogen (secondary N) is 1. The summed E-state index contributed by atoms with van der Waals surface area (Å²) in [7, 11) is 0. The van der Waals surface area contributed by atoms with Crippen LogP contribution >= 0.6 is 43.2 Å². The molecule has 27 heavy (non-hydrogen) atoms. The van der Waals surface area contributed by atoms with Gasteiger partial charge in [-0.05, 0) is 52.2 Å². The topological polar surface area (TPSA) is 51.2 Å². The van der Waals surface area contributed by atoms with Gasteiger partial charge in [-0.25, -0.2) is 4.98 Å². The monoisotopic (exact) mass is 508 g/mol. The van der Waals surface area contributed by atoms with Gasteiger partial charge in [0, 0.05) is 15.4 Å². The first-order valence-electron chi connectivity index (χ1n) is 8.47. The second kappa shape index (κ2) is 9.48. The van der Waals surface area contributed by atoms with Gasteiger partial charge in [0.15, 0.2) is 11.7 Å². The molecule has 0 unspecified atom stereocenters. The molecule has 7 heteroatoms. The van der Waals surface area contributed by atoms with Crippen molar-refractivity contribution in [2.75, 3.05) is 11.9 Å². The summed E-state index contributed by atoms with van der Waals surface area (Å²) in [5, 5.41) is 5.25. The highest BCUT2D eigenvalue weighted by molar-refractivity contribution is 9.10. The average molecular weight is 510 g/mol. The normalized spacial score (nSPS) is 10.6. The largest absolute Gasteiger partial charge is 0.483 e. The van der Waals surface area contributed by atoms with E-state index < -0.39 is 0 Å². The van der Waals surface area contributed by atoms with Crippen LogP contribution in [0.3, 0.4) is 0 Å². The van der Waals surface area contributed by atoms with Crippen molar-refractivity contribution < 1.29 is 9.53 Å². The van der Waals surface area contributed by atoms with E-state index in [0.717, 1.165) is 33.0 Å². The predicted molar refractivity (Wildman–Crippen MR) is 118 cm³/mol. The molecular formula is C20H18Br2N2O2S. The third-order valence-electron chi connectivity index (χ3n) is 3.76. The highest BCUT2D eigenvalue weighted by atomic mass is 79.9. The number of carbonyl (C=O) groups excluding carboxylic acids is 1. The third-order valence-corrected chi connectivity index (χ3v) is 5.64. The maximum absolute atomic E-state index is 12.2. The molecule has 0 fully saturated rings. The first-order chi connectivity index (χ1) is 13.0. The summed E-state index contributed by atoms with van der Waals surface area (Å²) in [6.07, 6.45) is 2.11. The molecular weight excluding hydrogens is 492 g/mol. The van der Waals surface area contributed by atoms with Gasteiger partial charge in [-0.3, -0.25) is 10.1 Å². The summed E-state index contributed by atoms with van der Waals surface area (Å²) >= 11 is 8.34. The van der Waals surface area contributed by atoms with Gasteiger partial charge in [-0.1, -0.05) is 47.5 Å². The van der Waals surface area contributed by atoms with E-state index in [0.29, 0.717) is 10.9 Å². The van der Waals surface area contributed by atoms with Crippen molar-refractivity contribution in [1.29, 1.82) is 0 Å². The van der Waals surface area contributed by atoms with Gasteiger partial charge >= 0.3 is 0 Å². The zero-order valence-corrected chi connectivity index (χ0v) is 18.7. The molecule has 0 atom stereocenters. The molecule has 2 aromatic carbocycles. The van der Waals surface area contributed by atoms with Crippen LogP contribution in [0.25, 0.3) is 11.3 Å². The Hall–Kier alpha value is -1.70. The number of halogens is 2.